The topological polar surface area (TPSA) is 31.2 Å². The predicted octanol–water partition coefficient (Wildman–Crippen LogP) is 4.10. The van der Waals surface area contributed by atoms with E-state index in [-0.39, 0.29) is 5.56 Å². The van der Waals surface area contributed by atoms with Crippen molar-refractivity contribution < 1.29 is 4.74 Å². The molecule has 1 aromatic rings. The summed E-state index contributed by atoms with van der Waals surface area (Å²) in [4.78, 5) is 12.4. The van der Waals surface area contributed by atoms with Crippen molar-refractivity contribution in [3.63, 3.8) is 0 Å². The number of hydrogen-bond acceptors (Lipinski definition) is 2. The number of pyridine rings is 1. The van der Waals surface area contributed by atoms with E-state index in [2.05, 4.69) is 13.5 Å². The van der Waals surface area contributed by atoms with Gasteiger partial charge in [-0.25, -0.2) is 0 Å². The lowest BCUT2D eigenvalue weighted by molar-refractivity contribution is 0.271. The van der Waals surface area contributed by atoms with E-state index in [9.17, 15) is 4.79 Å². The first-order chi connectivity index (χ1) is 9.47. The van der Waals surface area contributed by atoms with Gasteiger partial charge in [-0.05, 0) is 19.4 Å². The van der Waals surface area contributed by atoms with E-state index < -0.39 is 0 Å². The van der Waals surface area contributed by atoms with Crippen molar-refractivity contribution in [1.29, 1.82) is 0 Å². The maximum atomic E-state index is 12.4. The molecule has 2 heterocycles. The number of nitrogens with zero attached hydrogens (tertiary/aromatic N) is 1. The van der Waals surface area contributed by atoms with Crippen molar-refractivity contribution in [3.05, 3.63) is 44.9 Å². The molecule has 3 nitrogen and oxygen atoms in total. The standard InChI is InChI=1S/C15H17Cl2NO2/c1-4-5-6-20-10(3)12-7-11-8-13(16)14(17)18(11)15(19)9(12)2/h7H,3-6,8H2,1-2H3. The van der Waals surface area contributed by atoms with Crippen LogP contribution in [0.5, 0.6) is 0 Å². The second-order valence-corrected chi connectivity index (χ2v) is 5.63. The molecule has 1 aliphatic rings. The third-order valence-corrected chi connectivity index (χ3v) is 4.16. The Morgan fingerprint density at radius 1 is 1.50 bits per heavy atom. The lowest BCUT2D eigenvalue weighted by atomic mass is 10.1. The molecular weight excluding hydrogens is 297 g/mol. The van der Waals surface area contributed by atoms with Crippen molar-refractivity contribution in [2.24, 2.45) is 0 Å². The zero-order chi connectivity index (χ0) is 14.9. The Hall–Kier alpha value is -1.19. The van der Waals surface area contributed by atoms with Gasteiger partial charge >= 0.3 is 0 Å². The highest BCUT2D eigenvalue weighted by atomic mass is 35.5. The van der Waals surface area contributed by atoms with Gasteiger partial charge in [0.05, 0.1) is 11.6 Å². The van der Waals surface area contributed by atoms with E-state index in [1.165, 1.54) is 4.57 Å². The van der Waals surface area contributed by atoms with Crippen LogP contribution in [-0.2, 0) is 11.2 Å². The highest BCUT2D eigenvalue weighted by Gasteiger charge is 2.23. The minimum absolute atomic E-state index is 0.168. The molecular formula is C15H17Cl2NO2. The molecule has 0 saturated heterocycles. The van der Waals surface area contributed by atoms with Gasteiger partial charge in [0, 0.05) is 23.2 Å². The molecule has 0 amide bonds. The van der Waals surface area contributed by atoms with Crippen LogP contribution in [0.3, 0.4) is 0 Å². The number of allylic oxidation sites excluding steroid dienone is 1. The van der Waals surface area contributed by atoms with E-state index in [0.717, 1.165) is 24.1 Å². The first-order valence-corrected chi connectivity index (χ1v) is 7.35. The molecule has 0 unspecified atom stereocenters. The van der Waals surface area contributed by atoms with Gasteiger partial charge in [0.1, 0.15) is 10.9 Å². The quantitative estimate of drug-likeness (QED) is 0.605. The monoisotopic (exact) mass is 313 g/mol. The summed E-state index contributed by atoms with van der Waals surface area (Å²) in [5, 5.41) is 0.775. The molecule has 20 heavy (non-hydrogen) atoms. The smallest absolute Gasteiger partial charge is 0.259 e. The molecule has 0 saturated carbocycles. The Labute approximate surface area is 128 Å². The van der Waals surface area contributed by atoms with E-state index in [1.54, 1.807) is 6.92 Å². The van der Waals surface area contributed by atoms with E-state index in [0.29, 0.717) is 34.5 Å². The van der Waals surface area contributed by atoms with Gasteiger partial charge in [0.25, 0.3) is 5.56 Å². The lowest BCUT2D eigenvalue weighted by Crippen LogP contribution is -2.22. The van der Waals surface area contributed by atoms with Crippen molar-refractivity contribution in [2.45, 2.75) is 33.1 Å². The first-order valence-electron chi connectivity index (χ1n) is 6.59. The van der Waals surface area contributed by atoms with Crippen molar-refractivity contribution >= 4 is 34.1 Å². The fraction of sp³-hybridized carbons (Fsp3) is 0.400. The molecule has 0 aromatic carbocycles. The second kappa shape index (κ2) is 6.06. The number of rotatable bonds is 5. The summed E-state index contributed by atoms with van der Waals surface area (Å²) in [6, 6.07) is 1.88. The fourth-order valence-electron chi connectivity index (χ4n) is 2.16. The van der Waals surface area contributed by atoms with Gasteiger partial charge in [-0.2, -0.15) is 0 Å². The Balaban J connectivity index is 2.36. The first kappa shape index (κ1) is 15.2. The van der Waals surface area contributed by atoms with Gasteiger partial charge in [0.2, 0.25) is 0 Å². The van der Waals surface area contributed by atoms with Crippen LogP contribution in [0.4, 0.5) is 0 Å². The molecule has 0 atom stereocenters. The molecule has 2 rings (SSSR count). The number of ether oxygens (including phenoxy) is 1. The summed E-state index contributed by atoms with van der Waals surface area (Å²) >= 11 is 12.1. The van der Waals surface area contributed by atoms with Crippen LogP contribution in [0, 0.1) is 6.92 Å². The van der Waals surface area contributed by atoms with Crippen LogP contribution >= 0.6 is 23.2 Å². The minimum Gasteiger partial charge on any atom is -0.494 e. The maximum Gasteiger partial charge on any atom is 0.259 e. The van der Waals surface area contributed by atoms with Crippen LogP contribution in [-0.4, -0.2) is 11.2 Å². The molecule has 0 spiro atoms. The molecule has 1 aromatic heterocycles. The highest BCUT2D eigenvalue weighted by molar-refractivity contribution is 6.52. The SMILES string of the molecule is C=C(OCCCC)c1cc2n(c(=O)c1C)C(Cl)=C(Cl)C2. The number of halogens is 2. The Morgan fingerprint density at radius 2 is 2.20 bits per heavy atom. The molecule has 0 radical (unpaired) electrons. The fourth-order valence-corrected chi connectivity index (χ4v) is 2.63. The van der Waals surface area contributed by atoms with E-state index >= 15 is 0 Å². The van der Waals surface area contributed by atoms with Gasteiger partial charge < -0.3 is 4.74 Å². The van der Waals surface area contributed by atoms with Gasteiger partial charge in [-0.3, -0.25) is 9.36 Å². The van der Waals surface area contributed by atoms with Gasteiger partial charge in [-0.1, -0.05) is 43.1 Å². The average molecular weight is 314 g/mol. The van der Waals surface area contributed by atoms with Crippen LogP contribution < -0.4 is 5.56 Å². The molecule has 1 aliphatic heterocycles. The molecule has 0 fully saturated rings. The lowest BCUT2D eigenvalue weighted by Gasteiger charge is -2.14. The third kappa shape index (κ3) is 2.65. The van der Waals surface area contributed by atoms with Crippen LogP contribution in [0.1, 0.15) is 36.6 Å². The number of unbranched alkanes of at least 4 members (excludes halogenated alkanes) is 1. The number of fused-ring (bicyclic) bond motifs is 1. The Kier molecular flexibility index (Phi) is 4.61. The normalized spacial score (nSPS) is 13.6. The van der Waals surface area contributed by atoms with Crippen molar-refractivity contribution in [1.82, 2.24) is 4.57 Å². The molecule has 0 aliphatic carbocycles. The summed E-state index contributed by atoms with van der Waals surface area (Å²) < 4.78 is 7.04. The van der Waals surface area contributed by atoms with E-state index in [1.807, 2.05) is 6.07 Å². The summed E-state index contributed by atoms with van der Waals surface area (Å²) in [7, 11) is 0. The molecule has 0 N–H and O–H groups in total. The summed E-state index contributed by atoms with van der Waals surface area (Å²) in [5.41, 5.74) is 1.90. The summed E-state index contributed by atoms with van der Waals surface area (Å²) in [6.07, 6.45) is 2.47. The number of hydrogen-bond donors (Lipinski definition) is 0. The molecule has 108 valence electrons. The zero-order valence-corrected chi connectivity index (χ0v) is 13.1. The summed E-state index contributed by atoms with van der Waals surface area (Å²) in [6.45, 7) is 8.35. The largest absolute Gasteiger partial charge is 0.494 e. The third-order valence-electron chi connectivity index (χ3n) is 3.36. The maximum absolute atomic E-state index is 12.4. The predicted molar refractivity (Wildman–Crippen MR) is 84.0 cm³/mol. The second-order valence-electron chi connectivity index (χ2n) is 4.81. The van der Waals surface area contributed by atoms with Crippen LogP contribution in [0.25, 0.3) is 10.9 Å². The Morgan fingerprint density at radius 3 is 2.85 bits per heavy atom. The highest BCUT2D eigenvalue weighted by Crippen LogP contribution is 2.31. The zero-order valence-electron chi connectivity index (χ0n) is 11.6. The van der Waals surface area contributed by atoms with Crippen molar-refractivity contribution in [2.75, 3.05) is 6.61 Å². The average Bonchev–Trinajstić information content (AvgIpc) is 2.69. The van der Waals surface area contributed by atoms with Gasteiger partial charge in [-0.15, -0.1) is 0 Å². The molecule has 5 heteroatoms. The summed E-state index contributed by atoms with van der Waals surface area (Å²) in [5.74, 6) is 0.524. The van der Waals surface area contributed by atoms with Crippen LogP contribution in [0.15, 0.2) is 22.5 Å². The minimum atomic E-state index is -0.168. The van der Waals surface area contributed by atoms with Crippen molar-refractivity contribution in [3.8, 4) is 0 Å². The number of aromatic nitrogens is 1. The Bertz CT molecular complexity index is 644. The van der Waals surface area contributed by atoms with Crippen LogP contribution in [0.2, 0.25) is 0 Å². The van der Waals surface area contributed by atoms with E-state index in [4.69, 9.17) is 27.9 Å². The van der Waals surface area contributed by atoms with Gasteiger partial charge in [0.15, 0.2) is 0 Å². The molecule has 0 bridgehead atoms.